The smallest absolute Gasteiger partial charge is 0.164 e. The predicted octanol–water partition coefficient (Wildman–Crippen LogP) is 2.87. The molecule has 16 heavy (non-hydrogen) atoms. The highest BCUT2D eigenvalue weighted by Crippen LogP contribution is 2.36. The number of Topliss-reactive ketones (excluding diaryl/α,β-unsaturated/α-hetero) is 1. The Labute approximate surface area is 96.8 Å². The maximum absolute atomic E-state index is 11.7. The van der Waals surface area contributed by atoms with Crippen LogP contribution in [0.4, 0.5) is 0 Å². The van der Waals surface area contributed by atoms with E-state index >= 15 is 0 Å². The summed E-state index contributed by atoms with van der Waals surface area (Å²) in [5, 5.41) is 0. The second kappa shape index (κ2) is 4.79. The molecule has 2 nitrogen and oxygen atoms in total. The Hall–Kier alpha value is -1.15. The summed E-state index contributed by atoms with van der Waals surface area (Å²) in [6, 6.07) is 8.02. The first-order valence-electron chi connectivity index (χ1n) is 6.05. The molecule has 0 amide bonds. The minimum atomic E-state index is -0.0567. The fourth-order valence-electron chi connectivity index (χ4n) is 2.09. The summed E-state index contributed by atoms with van der Waals surface area (Å²) in [6.45, 7) is 1.86. The van der Waals surface area contributed by atoms with E-state index in [0.29, 0.717) is 6.42 Å². The van der Waals surface area contributed by atoms with Crippen molar-refractivity contribution >= 4 is 5.78 Å². The average Bonchev–Trinajstić information content (AvgIpc) is 2.15. The van der Waals surface area contributed by atoms with Crippen molar-refractivity contribution in [1.29, 1.82) is 0 Å². The molecule has 0 spiro atoms. The highest BCUT2D eigenvalue weighted by atomic mass is 16.1. The van der Waals surface area contributed by atoms with Crippen LogP contribution in [0.3, 0.4) is 0 Å². The van der Waals surface area contributed by atoms with Gasteiger partial charge in [-0.3, -0.25) is 4.79 Å². The number of benzene rings is 1. The molecule has 2 rings (SSSR count). The molecule has 0 radical (unpaired) electrons. The van der Waals surface area contributed by atoms with Gasteiger partial charge in [0.2, 0.25) is 0 Å². The molecule has 1 aromatic rings. The number of carbonyl (C=O) groups is 1. The molecule has 0 bridgehead atoms. The van der Waals surface area contributed by atoms with Crippen LogP contribution in [0, 0.1) is 0 Å². The van der Waals surface area contributed by atoms with Crippen molar-refractivity contribution in [3.8, 4) is 0 Å². The Kier molecular flexibility index (Phi) is 3.39. The van der Waals surface area contributed by atoms with Gasteiger partial charge in [-0.25, -0.2) is 0 Å². The molecule has 1 fully saturated rings. The zero-order chi connectivity index (χ0) is 11.5. The Bertz CT molecular complexity index is 363. The van der Waals surface area contributed by atoms with Gasteiger partial charge in [-0.2, -0.15) is 0 Å². The summed E-state index contributed by atoms with van der Waals surface area (Å²) >= 11 is 0. The first kappa shape index (κ1) is 11.3. The van der Waals surface area contributed by atoms with E-state index < -0.39 is 0 Å². The van der Waals surface area contributed by atoms with Crippen molar-refractivity contribution in [3.63, 3.8) is 0 Å². The molecule has 1 aliphatic carbocycles. The van der Waals surface area contributed by atoms with E-state index in [2.05, 4.69) is 12.1 Å². The summed E-state index contributed by atoms with van der Waals surface area (Å²) in [5.74, 6) is 0.882. The van der Waals surface area contributed by atoms with Crippen molar-refractivity contribution in [3.05, 3.63) is 35.4 Å². The summed E-state index contributed by atoms with van der Waals surface area (Å²) in [6.07, 6.45) is 4.37. The van der Waals surface area contributed by atoms with Gasteiger partial charge < -0.3 is 5.73 Å². The topological polar surface area (TPSA) is 43.1 Å². The van der Waals surface area contributed by atoms with E-state index in [4.69, 9.17) is 5.73 Å². The third kappa shape index (κ3) is 2.50. The van der Waals surface area contributed by atoms with Crippen LogP contribution in [0.25, 0.3) is 0 Å². The zero-order valence-corrected chi connectivity index (χ0v) is 9.78. The Balaban J connectivity index is 2.03. The minimum Gasteiger partial charge on any atom is -0.328 e. The maximum atomic E-state index is 11.7. The lowest BCUT2D eigenvalue weighted by molar-refractivity contribution is 0.0976. The van der Waals surface area contributed by atoms with Gasteiger partial charge in [0.1, 0.15) is 0 Å². The number of hydrogen-bond donors (Lipinski definition) is 1. The van der Waals surface area contributed by atoms with E-state index in [9.17, 15) is 4.79 Å². The van der Waals surface area contributed by atoms with Gasteiger partial charge in [0.05, 0.1) is 0 Å². The Morgan fingerprint density at radius 1 is 1.38 bits per heavy atom. The molecule has 0 heterocycles. The van der Waals surface area contributed by atoms with E-state index in [1.165, 1.54) is 24.8 Å². The van der Waals surface area contributed by atoms with E-state index in [-0.39, 0.29) is 11.8 Å². The lowest BCUT2D eigenvalue weighted by atomic mass is 9.80. The van der Waals surface area contributed by atoms with Crippen LogP contribution in [-0.2, 0) is 0 Å². The van der Waals surface area contributed by atoms with Gasteiger partial charge in [-0.05, 0) is 31.2 Å². The van der Waals surface area contributed by atoms with Crippen molar-refractivity contribution in [2.75, 3.05) is 0 Å². The SMILES string of the molecule is CC(N)CC(=O)c1ccc(C2CCC2)cc1. The zero-order valence-electron chi connectivity index (χ0n) is 9.78. The first-order chi connectivity index (χ1) is 7.66. The second-order valence-electron chi connectivity index (χ2n) is 4.85. The van der Waals surface area contributed by atoms with Crippen LogP contribution in [0.5, 0.6) is 0 Å². The summed E-state index contributed by atoms with van der Waals surface area (Å²) in [5.41, 5.74) is 7.79. The third-order valence-corrected chi connectivity index (χ3v) is 3.32. The van der Waals surface area contributed by atoms with E-state index in [1.807, 2.05) is 19.1 Å². The molecule has 1 aromatic carbocycles. The number of rotatable bonds is 4. The monoisotopic (exact) mass is 217 g/mol. The van der Waals surface area contributed by atoms with Gasteiger partial charge >= 0.3 is 0 Å². The molecule has 2 N–H and O–H groups in total. The second-order valence-corrected chi connectivity index (χ2v) is 4.85. The van der Waals surface area contributed by atoms with Crippen molar-refractivity contribution < 1.29 is 4.79 Å². The summed E-state index contributed by atoms with van der Waals surface area (Å²) in [7, 11) is 0. The fourth-order valence-corrected chi connectivity index (χ4v) is 2.09. The molecular formula is C14H19NO. The largest absolute Gasteiger partial charge is 0.328 e. The number of hydrogen-bond acceptors (Lipinski definition) is 2. The van der Waals surface area contributed by atoms with Crippen LogP contribution >= 0.6 is 0 Å². The van der Waals surface area contributed by atoms with Crippen LogP contribution in [0.2, 0.25) is 0 Å². The lowest BCUT2D eigenvalue weighted by Crippen LogP contribution is -2.19. The van der Waals surface area contributed by atoms with Crippen LogP contribution in [0.1, 0.15) is 54.4 Å². The van der Waals surface area contributed by atoms with Gasteiger partial charge in [0.15, 0.2) is 5.78 Å². The van der Waals surface area contributed by atoms with Crippen molar-refractivity contribution in [1.82, 2.24) is 0 Å². The van der Waals surface area contributed by atoms with E-state index in [1.54, 1.807) is 0 Å². The van der Waals surface area contributed by atoms with Gasteiger partial charge in [-0.1, -0.05) is 30.7 Å². The normalized spacial score (nSPS) is 17.9. The summed E-state index contributed by atoms with van der Waals surface area (Å²) < 4.78 is 0. The van der Waals surface area contributed by atoms with Crippen molar-refractivity contribution in [2.45, 2.75) is 44.6 Å². The molecule has 86 valence electrons. The lowest BCUT2D eigenvalue weighted by Gasteiger charge is -2.25. The number of carbonyl (C=O) groups excluding carboxylic acids is 1. The van der Waals surface area contributed by atoms with Crippen LogP contribution < -0.4 is 5.73 Å². The molecule has 1 aliphatic rings. The van der Waals surface area contributed by atoms with Gasteiger partial charge in [-0.15, -0.1) is 0 Å². The average molecular weight is 217 g/mol. The molecule has 1 unspecified atom stereocenters. The molecule has 0 aliphatic heterocycles. The van der Waals surface area contributed by atoms with Gasteiger partial charge in [0, 0.05) is 18.0 Å². The molecule has 2 heteroatoms. The fraction of sp³-hybridized carbons (Fsp3) is 0.500. The molecule has 0 aromatic heterocycles. The Morgan fingerprint density at radius 2 is 2.00 bits per heavy atom. The minimum absolute atomic E-state index is 0.0567. The molecule has 1 saturated carbocycles. The summed E-state index contributed by atoms with van der Waals surface area (Å²) in [4.78, 5) is 11.7. The predicted molar refractivity (Wildman–Crippen MR) is 65.6 cm³/mol. The number of ketones is 1. The molecular weight excluding hydrogens is 198 g/mol. The van der Waals surface area contributed by atoms with Crippen LogP contribution in [-0.4, -0.2) is 11.8 Å². The first-order valence-corrected chi connectivity index (χ1v) is 6.05. The standard InChI is InChI=1S/C14H19NO/c1-10(15)9-14(16)13-7-5-12(6-8-13)11-3-2-4-11/h5-8,10-11H,2-4,9,15H2,1H3. The van der Waals surface area contributed by atoms with Crippen molar-refractivity contribution in [2.24, 2.45) is 5.73 Å². The quantitative estimate of drug-likeness (QED) is 0.788. The van der Waals surface area contributed by atoms with Crippen LogP contribution in [0.15, 0.2) is 24.3 Å². The third-order valence-electron chi connectivity index (χ3n) is 3.32. The maximum Gasteiger partial charge on any atom is 0.164 e. The molecule has 0 saturated heterocycles. The number of nitrogens with two attached hydrogens (primary N) is 1. The van der Waals surface area contributed by atoms with E-state index in [0.717, 1.165) is 11.5 Å². The molecule has 1 atom stereocenters. The highest BCUT2D eigenvalue weighted by molar-refractivity contribution is 5.96. The van der Waals surface area contributed by atoms with Gasteiger partial charge in [0.25, 0.3) is 0 Å². The highest BCUT2D eigenvalue weighted by Gasteiger charge is 2.19. The Morgan fingerprint density at radius 3 is 2.44 bits per heavy atom.